The zero-order chi connectivity index (χ0) is 8.97. The van der Waals surface area contributed by atoms with Crippen molar-refractivity contribution in [3.05, 3.63) is 35.4 Å². The van der Waals surface area contributed by atoms with Crippen LogP contribution in [0, 0.1) is 18.8 Å². The van der Waals surface area contributed by atoms with Crippen LogP contribution in [0.15, 0.2) is 24.3 Å². The maximum Gasteiger partial charge on any atom is 0.112 e. The molecule has 62 valence electrons. The molecule has 0 aliphatic rings. The molecule has 0 radical (unpaired) electrons. The van der Waals surface area contributed by atoms with Crippen molar-refractivity contribution in [2.45, 2.75) is 20.0 Å². The number of aliphatic hydroxyl groups excluding tert-OH is 1. The van der Waals surface area contributed by atoms with E-state index in [0.717, 1.165) is 5.56 Å². The summed E-state index contributed by atoms with van der Waals surface area (Å²) in [5.74, 6) is 5.58. The maximum absolute atomic E-state index is 8.91. The highest BCUT2D eigenvalue weighted by Gasteiger charge is 1.87. The Balaban J connectivity index is 2.85. The number of benzene rings is 1. The van der Waals surface area contributed by atoms with Crippen molar-refractivity contribution in [2.24, 2.45) is 0 Å². The van der Waals surface area contributed by atoms with Crippen LogP contribution in [0.1, 0.15) is 18.1 Å². The molecule has 1 aromatic rings. The molecule has 1 atom stereocenters. The highest BCUT2D eigenvalue weighted by atomic mass is 16.3. The lowest BCUT2D eigenvalue weighted by Gasteiger charge is -1.92. The van der Waals surface area contributed by atoms with Gasteiger partial charge in [-0.25, -0.2) is 0 Å². The Kier molecular flexibility index (Phi) is 2.90. The van der Waals surface area contributed by atoms with E-state index >= 15 is 0 Å². The van der Waals surface area contributed by atoms with Crippen molar-refractivity contribution in [1.82, 2.24) is 0 Å². The van der Waals surface area contributed by atoms with Gasteiger partial charge in [0.05, 0.1) is 0 Å². The average molecular weight is 160 g/mol. The van der Waals surface area contributed by atoms with E-state index < -0.39 is 6.10 Å². The molecular formula is C11H12O. The third kappa shape index (κ3) is 2.77. The molecular weight excluding hydrogens is 148 g/mol. The van der Waals surface area contributed by atoms with Gasteiger partial charge in [0, 0.05) is 5.56 Å². The standard InChI is InChI=1S/C11H12O/c1-9-4-3-5-11(8-9)7-6-10(2)12/h3-5,8,10,12H,1-2H3. The van der Waals surface area contributed by atoms with Crippen LogP contribution in [-0.2, 0) is 0 Å². The molecule has 0 saturated carbocycles. The molecule has 0 amide bonds. The molecule has 1 unspecified atom stereocenters. The van der Waals surface area contributed by atoms with Crippen LogP contribution in [0.3, 0.4) is 0 Å². The fourth-order valence-corrected chi connectivity index (χ4v) is 0.911. The third-order valence-corrected chi connectivity index (χ3v) is 1.44. The molecule has 1 aromatic carbocycles. The maximum atomic E-state index is 8.91. The Hall–Kier alpha value is -1.26. The van der Waals surface area contributed by atoms with Crippen LogP contribution in [0.4, 0.5) is 0 Å². The molecule has 12 heavy (non-hydrogen) atoms. The van der Waals surface area contributed by atoms with Gasteiger partial charge in [0.1, 0.15) is 6.10 Å². The van der Waals surface area contributed by atoms with Crippen LogP contribution in [0.2, 0.25) is 0 Å². The van der Waals surface area contributed by atoms with Crippen molar-refractivity contribution in [1.29, 1.82) is 0 Å². The molecule has 0 fully saturated rings. The highest BCUT2D eigenvalue weighted by molar-refractivity contribution is 5.37. The largest absolute Gasteiger partial charge is 0.381 e. The van der Waals surface area contributed by atoms with Gasteiger partial charge < -0.3 is 5.11 Å². The lowest BCUT2D eigenvalue weighted by Crippen LogP contribution is -1.92. The number of rotatable bonds is 0. The molecule has 1 N–H and O–H groups in total. The fraction of sp³-hybridized carbons (Fsp3) is 0.273. The summed E-state index contributed by atoms with van der Waals surface area (Å²) < 4.78 is 0. The molecule has 1 rings (SSSR count). The first-order chi connectivity index (χ1) is 5.68. The number of hydrogen-bond donors (Lipinski definition) is 1. The predicted molar refractivity (Wildman–Crippen MR) is 49.7 cm³/mol. The van der Waals surface area contributed by atoms with E-state index in [-0.39, 0.29) is 0 Å². The second-order valence-electron chi connectivity index (χ2n) is 2.81. The van der Waals surface area contributed by atoms with E-state index in [1.807, 2.05) is 31.2 Å². The molecule has 0 aliphatic carbocycles. The Morgan fingerprint density at radius 3 is 2.75 bits per heavy atom. The first-order valence-electron chi connectivity index (χ1n) is 3.95. The third-order valence-electron chi connectivity index (χ3n) is 1.44. The Labute approximate surface area is 73.0 Å². The topological polar surface area (TPSA) is 20.2 Å². The number of hydrogen-bond acceptors (Lipinski definition) is 1. The van der Waals surface area contributed by atoms with Gasteiger partial charge in [-0.2, -0.15) is 0 Å². The van der Waals surface area contributed by atoms with Crippen LogP contribution in [0.5, 0.6) is 0 Å². The number of aryl methyl sites for hydroxylation is 1. The van der Waals surface area contributed by atoms with Crippen molar-refractivity contribution >= 4 is 0 Å². The summed E-state index contributed by atoms with van der Waals surface area (Å²) in [6, 6.07) is 7.91. The second kappa shape index (κ2) is 3.94. The second-order valence-corrected chi connectivity index (χ2v) is 2.81. The van der Waals surface area contributed by atoms with Crippen molar-refractivity contribution in [2.75, 3.05) is 0 Å². The average Bonchev–Trinajstić information content (AvgIpc) is 2.01. The van der Waals surface area contributed by atoms with E-state index in [2.05, 4.69) is 11.8 Å². The van der Waals surface area contributed by atoms with Crippen LogP contribution in [-0.4, -0.2) is 11.2 Å². The first-order valence-corrected chi connectivity index (χ1v) is 3.95. The summed E-state index contributed by atoms with van der Waals surface area (Å²) in [4.78, 5) is 0. The minimum absolute atomic E-state index is 0.550. The Morgan fingerprint density at radius 1 is 1.42 bits per heavy atom. The van der Waals surface area contributed by atoms with Crippen molar-refractivity contribution in [3.63, 3.8) is 0 Å². The molecule has 0 saturated heterocycles. The van der Waals surface area contributed by atoms with E-state index in [0.29, 0.717) is 0 Å². The molecule has 0 spiro atoms. The van der Waals surface area contributed by atoms with Crippen LogP contribution < -0.4 is 0 Å². The summed E-state index contributed by atoms with van der Waals surface area (Å²) >= 11 is 0. The molecule has 1 nitrogen and oxygen atoms in total. The van der Waals surface area contributed by atoms with Crippen molar-refractivity contribution in [3.8, 4) is 11.8 Å². The Morgan fingerprint density at radius 2 is 2.17 bits per heavy atom. The van der Waals surface area contributed by atoms with Crippen LogP contribution >= 0.6 is 0 Å². The number of aliphatic hydroxyl groups is 1. The van der Waals surface area contributed by atoms with Gasteiger partial charge in [-0.3, -0.25) is 0 Å². The lowest BCUT2D eigenvalue weighted by molar-refractivity contribution is 0.253. The minimum Gasteiger partial charge on any atom is -0.381 e. The summed E-state index contributed by atoms with van der Waals surface area (Å²) in [5.41, 5.74) is 2.14. The quantitative estimate of drug-likeness (QED) is 0.573. The van der Waals surface area contributed by atoms with Gasteiger partial charge in [0.2, 0.25) is 0 Å². The SMILES string of the molecule is Cc1cccc(C#CC(C)O)c1. The van der Waals surface area contributed by atoms with Gasteiger partial charge in [-0.05, 0) is 31.5 Å². The zero-order valence-corrected chi connectivity index (χ0v) is 7.33. The summed E-state index contributed by atoms with van der Waals surface area (Å²) in [6.07, 6.45) is -0.550. The van der Waals surface area contributed by atoms with E-state index in [1.54, 1.807) is 6.92 Å². The highest BCUT2D eigenvalue weighted by Crippen LogP contribution is 2.01. The van der Waals surface area contributed by atoms with Gasteiger partial charge in [-0.1, -0.05) is 24.0 Å². The van der Waals surface area contributed by atoms with E-state index in [1.165, 1.54) is 5.56 Å². The van der Waals surface area contributed by atoms with Gasteiger partial charge >= 0.3 is 0 Å². The Bertz CT molecular complexity index is 315. The normalized spacial score (nSPS) is 11.6. The molecule has 0 aliphatic heterocycles. The van der Waals surface area contributed by atoms with Gasteiger partial charge in [-0.15, -0.1) is 0 Å². The van der Waals surface area contributed by atoms with Gasteiger partial charge in [0.25, 0.3) is 0 Å². The molecule has 0 aromatic heterocycles. The first kappa shape index (κ1) is 8.83. The molecule has 1 heteroatoms. The lowest BCUT2D eigenvalue weighted by atomic mass is 10.1. The zero-order valence-electron chi connectivity index (χ0n) is 7.33. The van der Waals surface area contributed by atoms with Crippen LogP contribution in [0.25, 0.3) is 0 Å². The molecule has 0 heterocycles. The predicted octanol–water partition coefficient (Wildman–Crippen LogP) is 1.73. The van der Waals surface area contributed by atoms with Crippen molar-refractivity contribution < 1.29 is 5.11 Å². The smallest absolute Gasteiger partial charge is 0.112 e. The van der Waals surface area contributed by atoms with E-state index in [4.69, 9.17) is 5.11 Å². The minimum atomic E-state index is -0.550. The van der Waals surface area contributed by atoms with E-state index in [9.17, 15) is 0 Å². The molecule has 0 bridgehead atoms. The van der Waals surface area contributed by atoms with Gasteiger partial charge in [0.15, 0.2) is 0 Å². The monoisotopic (exact) mass is 160 g/mol. The summed E-state index contributed by atoms with van der Waals surface area (Å²) in [7, 11) is 0. The summed E-state index contributed by atoms with van der Waals surface area (Å²) in [5, 5.41) is 8.91. The fourth-order valence-electron chi connectivity index (χ4n) is 0.911. The summed E-state index contributed by atoms with van der Waals surface area (Å²) in [6.45, 7) is 3.68.